The molecular formula is C12H12N2O2S. The van der Waals surface area contributed by atoms with Crippen LogP contribution in [0.4, 0.5) is 0 Å². The maximum atomic E-state index is 11.9. The molecule has 17 heavy (non-hydrogen) atoms. The standard InChI is InChI=1S/C12H12N2O2S/c1-2-14-11(16)10(13-12(14)17)7-8-3-5-9(15)6-4-8/h3-7,15H,2H2,1H3,(H,13,17)/b10-7+. The Morgan fingerprint density at radius 2 is 2.06 bits per heavy atom. The van der Waals surface area contributed by atoms with Gasteiger partial charge in [-0.25, -0.2) is 0 Å². The van der Waals surface area contributed by atoms with Crippen molar-refractivity contribution in [3.63, 3.8) is 0 Å². The van der Waals surface area contributed by atoms with Crippen LogP contribution in [-0.2, 0) is 4.79 Å². The molecule has 1 amide bonds. The van der Waals surface area contributed by atoms with E-state index in [-0.39, 0.29) is 11.7 Å². The number of rotatable bonds is 2. The molecule has 0 aromatic heterocycles. The second-order valence-electron chi connectivity index (χ2n) is 3.63. The van der Waals surface area contributed by atoms with Gasteiger partial charge in [-0.05, 0) is 42.9 Å². The molecule has 4 nitrogen and oxygen atoms in total. The van der Waals surface area contributed by atoms with Gasteiger partial charge in [-0.15, -0.1) is 0 Å². The summed E-state index contributed by atoms with van der Waals surface area (Å²) in [6.45, 7) is 2.42. The monoisotopic (exact) mass is 248 g/mol. The first-order chi connectivity index (χ1) is 8.11. The highest BCUT2D eigenvalue weighted by molar-refractivity contribution is 7.80. The zero-order valence-electron chi connectivity index (χ0n) is 9.30. The average Bonchev–Trinajstić information content (AvgIpc) is 2.57. The summed E-state index contributed by atoms with van der Waals surface area (Å²) in [5.41, 5.74) is 1.29. The number of likely N-dealkylation sites (N-methyl/N-ethyl adjacent to an activating group) is 1. The summed E-state index contributed by atoms with van der Waals surface area (Å²) in [6, 6.07) is 6.60. The largest absolute Gasteiger partial charge is 0.508 e. The smallest absolute Gasteiger partial charge is 0.276 e. The van der Waals surface area contributed by atoms with Crippen LogP contribution >= 0.6 is 12.2 Å². The lowest BCUT2D eigenvalue weighted by Crippen LogP contribution is -2.30. The number of thiocarbonyl (C=S) groups is 1. The van der Waals surface area contributed by atoms with Gasteiger partial charge in [0, 0.05) is 6.54 Å². The normalized spacial score (nSPS) is 17.7. The van der Waals surface area contributed by atoms with Gasteiger partial charge in [0.2, 0.25) is 0 Å². The van der Waals surface area contributed by atoms with Gasteiger partial charge in [0.25, 0.3) is 5.91 Å². The minimum absolute atomic E-state index is 0.120. The number of phenols is 1. The number of hydrogen-bond acceptors (Lipinski definition) is 3. The fourth-order valence-corrected chi connectivity index (χ4v) is 1.92. The molecule has 1 saturated heterocycles. The number of carbonyl (C=O) groups excluding carboxylic acids is 1. The van der Waals surface area contributed by atoms with Crippen LogP contribution in [0.25, 0.3) is 6.08 Å². The SMILES string of the molecule is CCN1C(=O)/C(=C\c2ccc(O)cc2)NC1=S. The van der Waals surface area contributed by atoms with E-state index in [1.54, 1.807) is 30.3 Å². The van der Waals surface area contributed by atoms with Crippen LogP contribution < -0.4 is 5.32 Å². The molecule has 0 unspecified atom stereocenters. The van der Waals surface area contributed by atoms with Gasteiger partial charge in [-0.2, -0.15) is 0 Å². The van der Waals surface area contributed by atoms with Crippen molar-refractivity contribution in [2.45, 2.75) is 6.92 Å². The van der Waals surface area contributed by atoms with E-state index in [2.05, 4.69) is 5.32 Å². The third-order valence-electron chi connectivity index (χ3n) is 2.48. The minimum Gasteiger partial charge on any atom is -0.508 e. The number of carbonyl (C=O) groups is 1. The van der Waals surface area contributed by atoms with Crippen LogP contribution in [0.15, 0.2) is 30.0 Å². The van der Waals surface area contributed by atoms with Crippen LogP contribution in [0, 0.1) is 0 Å². The van der Waals surface area contributed by atoms with Crippen LogP contribution in [-0.4, -0.2) is 27.6 Å². The summed E-state index contributed by atoms with van der Waals surface area (Å²) in [7, 11) is 0. The average molecular weight is 248 g/mol. The zero-order valence-corrected chi connectivity index (χ0v) is 10.1. The first-order valence-electron chi connectivity index (χ1n) is 5.25. The maximum Gasteiger partial charge on any atom is 0.276 e. The van der Waals surface area contributed by atoms with Gasteiger partial charge in [-0.1, -0.05) is 12.1 Å². The maximum absolute atomic E-state index is 11.9. The lowest BCUT2D eigenvalue weighted by molar-refractivity contribution is -0.122. The quantitative estimate of drug-likeness (QED) is 0.614. The summed E-state index contributed by atoms with van der Waals surface area (Å²) in [5.74, 6) is 0.0779. The number of aromatic hydroxyl groups is 1. The summed E-state index contributed by atoms with van der Waals surface area (Å²) >= 11 is 5.04. The van der Waals surface area contributed by atoms with Crippen molar-refractivity contribution in [2.75, 3.05) is 6.54 Å². The number of phenolic OH excluding ortho intramolecular Hbond substituents is 1. The molecule has 1 aromatic rings. The van der Waals surface area contributed by atoms with Gasteiger partial charge in [0.15, 0.2) is 5.11 Å². The fourth-order valence-electron chi connectivity index (χ4n) is 1.60. The predicted molar refractivity (Wildman–Crippen MR) is 69.2 cm³/mol. The van der Waals surface area contributed by atoms with Crippen LogP contribution in [0.1, 0.15) is 12.5 Å². The first kappa shape index (κ1) is 11.6. The molecule has 1 heterocycles. The van der Waals surface area contributed by atoms with Crippen molar-refractivity contribution in [1.29, 1.82) is 0 Å². The summed E-state index contributed by atoms with van der Waals surface area (Å²) in [6.07, 6.45) is 1.71. The van der Waals surface area contributed by atoms with Crippen LogP contribution in [0.3, 0.4) is 0 Å². The Morgan fingerprint density at radius 3 is 2.59 bits per heavy atom. The van der Waals surface area contributed by atoms with Crippen LogP contribution in [0.2, 0.25) is 0 Å². The molecule has 1 aliphatic heterocycles. The molecule has 0 radical (unpaired) electrons. The second kappa shape index (κ2) is 4.55. The fraction of sp³-hybridized carbons (Fsp3) is 0.167. The highest BCUT2D eigenvalue weighted by atomic mass is 32.1. The Hall–Kier alpha value is -1.88. The molecule has 0 spiro atoms. The summed E-state index contributed by atoms with van der Waals surface area (Å²) < 4.78 is 0. The number of nitrogens with one attached hydrogen (secondary N) is 1. The second-order valence-corrected chi connectivity index (χ2v) is 4.02. The number of hydrogen-bond donors (Lipinski definition) is 2. The molecular weight excluding hydrogens is 236 g/mol. The van der Waals surface area contributed by atoms with E-state index in [4.69, 9.17) is 17.3 Å². The van der Waals surface area contributed by atoms with E-state index >= 15 is 0 Å². The third-order valence-corrected chi connectivity index (χ3v) is 2.81. The molecule has 2 rings (SSSR count). The van der Waals surface area contributed by atoms with Crippen LogP contribution in [0.5, 0.6) is 5.75 Å². The van der Waals surface area contributed by atoms with Crippen molar-refractivity contribution >= 4 is 29.3 Å². The van der Waals surface area contributed by atoms with E-state index < -0.39 is 0 Å². The molecule has 5 heteroatoms. The molecule has 0 atom stereocenters. The highest BCUT2D eigenvalue weighted by Gasteiger charge is 2.28. The molecule has 0 aliphatic carbocycles. The van der Waals surface area contributed by atoms with E-state index in [0.717, 1.165) is 5.56 Å². The lowest BCUT2D eigenvalue weighted by atomic mass is 10.2. The number of amides is 1. The van der Waals surface area contributed by atoms with Gasteiger partial charge < -0.3 is 10.4 Å². The Bertz CT molecular complexity index is 494. The van der Waals surface area contributed by atoms with Gasteiger partial charge in [-0.3, -0.25) is 9.69 Å². The topological polar surface area (TPSA) is 52.6 Å². The Balaban J connectivity index is 2.27. The summed E-state index contributed by atoms with van der Waals surface area (Å²) in [5, 5.41) is 12.5. The number of nitrogens with zero attached hydrogens (tertiary/aromatic N) is 1. The molecule has 0 bridgehead atoms. The Morgan fingerprint density at radius 1 is 1.41 bits per heavy atom. The van der Waals surface area contributed by atoms with E-state index in [0.29, 0.717) is 17.4 Å². The van der Waals surface area contributed by atoms with E-state index in [1.165, 1.54) is 4.90 Å². The first-order valence-corrected chi connectivity index (χ1v) is 5.66. The lowest BCUT2D eigenvalue weighted by Gasteiger charge is -2.08. The van der Waals surface area contributed by atoms with Gasteiger partial charge in [0.1, 0.15) is 11.4 Å². The molecule has 88 valence electrons. The molecule has 1 fully saturated rings. The molecule has 2 N–H and O–H groups in total. The highest BCUT2D eigenvalue weighted by Crippen LogP contribution is 2.16. The van der Waals surface area contributed by atoms with Crippen molar-refractivity contribution in [3.8, 4) is 5.75 Å². The summed E-state index contributed by atoms with van der Waals surface area (Å²) in [4.78, 5) is 13.4. The predicted octanol–water partition coefficient (Wildman–Crippen LogP) is 1.47. The molecule has 1 aromatic carbocycles. The Labute approximate surface area is 105 Å². The van der Waals surface area contributed by atoms with Crippen molar-refractivity contribution in [2.24, 2.45) is 0 Å². The Kier molecular flexibility index (Phi) is 3.10. The van der Waals surface area contributed by atoms with Gasteiger partial charge >= 0.3 is 0 Å². The van der Waals surface area contributed by atoms with Crippen molar-refractivity contribution < 1.29 is 9.90 Å². The van der Waals surface area contributed by atoms with E-state index in [9.17, 15) is 4.79 Å². The van der Waals surface area contributed by atoms with Gasteiger partial charge in [0.05, 0.1) is 0 Å². The van der Waals surface area contributed by atoms with Crippen molar-refractivity contribution in [1.82, 2.24) is 10.2 Å². The third kappa shape index (κ3) is 2.29. The van der Waals surface area contributed by atoms with E-state index in [1.807, 2.05) is 6.92 Å². The number of benzene rings is 1. The molecule has 1 aliphatic rings. The molecule has 0 saturated carbocycles. The van der Waals surface area contributed by atoms with Crippen molar-refractivity contribution in [3.05, 3.63) is 35.5 Å². The minimum atomic E-state index is -0.120. The zero-order chi connectivity index (χ0) is 12.4.